The molecule has 0 atom stereocenters. The first-order valence-corrected chi connectivity index (χ1v) is 4.57. The van der Waals surface area contributed by atoms with Gasteiger partial charge in [0.05, 0.1) is 12.7 Å². The van der Waals surface area contributed by atoms with Gasteiger partial charge in [0.2, 0.25) is 0 Å². The van der Waals surface area contributed by atoms with E-state index in [1.165, 1.54) is 0 Å². The molecule has 0 bridgehead atoms. The molecule has 86 valence electrons. The maximum absolute atomic E-state index is 12.0. The van der Waals surface area contributed by atoms with Crippen LogP contribution in [-0.2, 0) is 0 Å². The van der Waals surface area contributed by atoms with E-state index < -0.39 is 12.1 Å². The van der Waals surface area contributed by atoms with Crippen LogP contribution in [0.15, 0.2) is 10.7 Å². The summed E-state index contributed by atoms with van der Waals surface area (Å²) in [4.78, 5) is 3.59. The zero-order valence-corrected chi connectivity index (χ0v) is 9.39. The highest BCUT2D eigenvalue weighted by atomic mass is 79.9. The van der Waals surface area contributed by atoms with E-state index in [1.54, 1.807) is 6.07 Å². The monoisotopic (exact) mass is 296 g/mol. The van der Waals surface area contributed by atoms with Crippen molar-refractivity contribution in [2.75, 3.05) is 7.11 Å². The highest BCUT2D eigenvalue weighted by molar-refractivity contribution is 9.10. The van der Waals surface area contributed by atoms with E-state index in [0.717, 1.165) is 13.2 Å². The Kier molecular flexibility index (Phi) is 3.59. The zero-order chi connectivity index (χ0) is 12.3. The molecule has 0 radical (unpaired) electrons. The number of nitrogens with zero attached hydrogens (tertiary/aromatic N) is 2. The lowest BCUT2D eigenvalue weighted by atomic mass is 10.3. The predicted molar refractivity (Wildman–Crippen MR) is 49.9 cm³/mol. The molecule has 16 heavy (non-hydrogen) atoms. The fourth-order valence-corrected chi connectivity index (χ4v) is 1.24. The summed E-state index contributed by atoms with van der Waals surface area (Å²) in [5.41, 5.74) is -0.0833. The van der Waals surface area contributed by atoms with Gasteiger partial charge in [0.1, 0.15) is 10.7 Å². The summed E-state index contributed by atoms with van der Waals surface area (Å²) in [6, 6.07) is 2.55. The second kappa shape index (κ2) is 4.57. The molecule has 0 aliphatic carbocycles. The highest BCUT2D eigenvalue weighted by Crippen LogP contribution is 2.33. The second-order valence-electron chi connectivity index (χ2n) is 2.49. The lowest BCUT2D eigenvalue weighted by Crippen LogP contribution is -2.18. The third kappa shape index (κ3) is 3.00. The van der Waals surface area contributed by atoms with Crippen LogP contribution < -0.4 is 9.47 Å². The van der Waals surface area contributed by atoms with E-state index in [9.17, 15) is 13.2 Å². The van der Waals surface area contributed by atoms with Gasteiger partial charge in [0.15, 0.2) is 5.75 Å². The number of pyridine rings is 1. The largest absolute Gasteiger partial charge is 0.573 e. The Morgan fingerprint density at radius 3 is 2.56 bits per heavy atom. The van der Waals surface area contributed by atoms with Crippen LogP contribution in [0.25, 0.3) is 0 Å². The molecule has 0 aliphatic rings. The SMILES string of the molecule is COc1nc(Br)c(C#N)cc1OC(F)(F)F. The molecule has 1 rings (SSSR count). The van der Waals surface area contributed by atoms with Crippen molar-refractivity contribution in [1.29, 1.82) is 5.26 Å². The first-order chi connectivity index (χ1) is 7.37. The van der Waals surface area contributed by atoms with Crippen LogP contribution in [0.5, 0.6) is 11.6 Å². The Morgan fingerprint density at radius 2 is 2.12 bits per heavy atom. The Hall–Kier alpha value is -1.49. The van der Waals surface area contributed by atoms with Gasteiger partial charge in [-0.1, -0.05) is 0 Å². The molecule has 0 fully saturated rings. The van der Waals surface area contributed by atoms with Gasteiger partial charge in [-0.3, -0.25) is 0 Å². The molecule has 0 N–H and O–H groups in total. The average molecular weight is 297 g/mol. The normalized spacial score (nSPS) is 10.8. The number of methoxy groups -OCH3 is 1. The van der Waals surface area contributed by atoms with Crippen molar-refractivity contribution in [2.45, 2.75) is 6.36 Å². The number of rotatable bonds is 2. The third-order valence-electron chi connectivity index (χ3n) is 1.45. The average Bonchev–Trinajstić information content (AvgIpc) is 2.18. The van der Waals surface area contributed by atoms with E-state index in [-0.39, 0.29) is 16.0 Å². The van der Waals surface area contributed by atoms with Crippen LogP contribution in [0.1, 0.15) is 5.56 Å². The van der Waals surface area contributed by atoms with E-state index in [2.05, 4.69) is 30.4 Å². The van der Waals surface area contributed by atoms with Crippen molar-refractivity contribution < 1.29 is 22.6 Å². The summed E-state index contributed by atoms with van der Waals surface area (Å²) in [6.07, 6.45) is -4.87. The lowest BCUT2D eigenvalue weighted by Gasteiger charge is -2.12. The van der Waals surface area contributed by atoms with Crippen molar-refractivity contribution >= 4 is 15.9 Å². The molecule has 0 aromatic carbocycles. The Labute approximate surface area is 96.7 Å². The Balaban J connectivity index is 3.21. The maximum atomic E-state index is 12.0. The topological polar surface area (TPSA) is 55.1 Å². The maximum Gasteiger partial charge on any atom is 0.573 e. The van der Waals surface area contributed by atoms with Crippen LogP contribution in [0.4, 0.5) is 13.2 Å². The minimum Gasteiger partial charge on any atom is -0.478 e. The summed E-state index contributed by atoms with van der Waals surface area (Å²) >= 11 is 2.91. The number of hydrogen-bond donors (Lipinski definition) is 0. The van der Waals surface area contributed by atoms with Crippen molar-refractivity contribution in [3.63, 3.8) is 0 Å². The summed E-state index contributed by atoms with van der Waals surface area (Å²) < 4.78 is 44.3. The van der Waals surface area contributed by atoms with E-state index in [0.29, 0.717) is 0 Å². The predicted octanol–water partition coefficient (Wildman–Crippen LogP) is 2.62. The molecule has 8 heteroatoms. The van der Waals surface area contributed by atoms with Gasteiger partial charge in [-0.15, -0.1) is 13.2 Å². The van der Waals surface area contributed by atoms with E-state index in [1.807, 2.05) is 0 Å². The first kappa shape index (κ1) is 12.6. The lowest BCUT2D eigenvalue weighted by molar-refractivity contribution is -0.275. The molecule has 1 aromatic heterocycles. The minimum absolute atomic E-state index is 0.0833. The standard InChI is InChI=1S/C8H4BrF3N2O2/c1-15-7-5(16-8(10,11)12)2-4(3-13)6(9)14-7/h2H,1H3. The molecule has 0 aliphatic heterocycles. The van der Waals surface area contributed by atoms with E-state index in [4.69, 9.17) is 5.26 Å². The Morgan fingerprint density at radius 1 is 1.50 bits per heavy atom. The van der Waals surface area contributed by atoms with Crippen molar-refractivity contribution in [3.8, 4) is 17.7 Å². The fraction of sp³-hybridized carbons (Fsp3) is 0.250. The molecule has 1 aromatic rings. The van der Waals surface area contributed by atoms with E-state index >= 15 is 0 Å². The zero-order valence-electron chi connectivity index (χ0n) is 7.80. The van der Waals surface area contributed by atoms with Crippen molar-refractivity contribution in [3.05, 3.63) is 16.2 Å². The summed E-state index contributed by atoms with van der Waals surface area (Å²) in [5.74, 6) is -1.02. The summed E-state index contributed by atoms with van der Waals surface area (Å²) in [6.45, 7) is 0. The van der Waals surface area contributed by atoms with Gasteiger partial charge in [-0.2, -0.15) is 5.26 Å². The van der Waals surface area contributed by atoms with Gasteiger partial charge in [0.25, 0.3) is 5.88 Å². The van der Waals surface area contributed by atoms with Gasteiger partial charge < -0.3 is 9.47 Å². The highest BCUT2D eigenvalue weighted by Gasteiger charge is 2.33. The van der Waals surface area contributed by atoms with Gasteiger partial charge in [-0.25, -0.2) is 4.98 Å². The molecule has 0 saturated carbocycles. The van der Waals surface area contributed by atoms with Crippen LogP contribution >= 0.6 is 15.9 Å². The van der Waals surface area contributed by atoms with Gasteiger partial charge in [-0.05, 0) is 15.9 Å². The number of hydrogen-bond acceptors (Lipinski definition) is 4. The second-order valence-corrected chi connectivity index (χ2v) is 3.24. The minimum atomic E-state index is -4.87. The number of halogens is 4. The fourth-order valence-electron chi connectivity index (χ4n) is 0.879. The first-order valence-electron chi connectivity index (χ1n) is 3.77. The molecule has 4 nitrogen and oxygen atoms in total. The van der Waals surface area contributed by atoms with Crippen LogP contribution in [-0.4, -0.2) is 18.5 Å². The van der Waals surface area contributed by atoms with Crippen LogP contribution in [0.2, 0.25) is 0 Å². The van der Waals surface area contributed by atoms with Gasteiger partial charge in [0, 0.05) is 6.07 Å². The van der Waals surface area contributed by atoms with Crippen LogP contribution in [0.3, 0.4) is 0 Å². The van der Waals surface area contributed by atoms with Crippen molar-refractivity contribution in [1.82, 2.24) is 4.98 Å². The third-order valence-corrected chi connectivity index (χ3v) is 2.05. The molecule has 0 unspecified atom stereocenters. The smallest absolute Gasteiger partial charge is 0.478 e. The quantitative estimate of drug-likeness (QED) is 0.787. The number of ether oxygens (including phenoxy) is 2. The molecule has 1 heterocycles. The molecule has 0 amide bonds. The van der Waals surface area contributed by atoms with Gasteiger partial charge >= 0.3 is 6.36 Å². The van der Waals surface area contributed by atoms with Crippen molar-refractivity contribution in [2.24, 2.45) is 0 Å². The number of aromatic nitrogens is 1. The number of alkyl halides is 3. The molecule has 0 saturated heterocycles. The molecular weight excluding hydrogens is 293 g/mol. The number of nitriles is 1. The summed E-state index contributed by atoms with van der Waals surface area (Å²) in [7, 11) is 1.14. The molecule has 0 spiro atoms. The molecular formula is C8H4BrF3N2O2. The summed E-state index contributed by atoms with van der Waals surface area (Å²) in [5, 5.41) is 8.61. The Bertz CT molecular complexity index is 442. The van der Waals surface area contributed by atoms with Crippen LogP contribution in [0, 0.1) is 11.3 Å².